The third-order valence-electron chi connectivity index (χ3n) is 2.61. The smallest absolute Gasteiger partial charge is 0.326 e. The van der Waals surface area contributed by atoms with Gasteiger partial charge in [0.25, 0.3) is 5.91 Å². The van der Waals surface area contributed by atoms with Crippen molar-refractivity contribution in [2.75, 3.05) is 7.11 Å². The molecular formula is C13H16FNO4. The van der Waals surface area contributed by atoms with Gasteiger partial charge in [-0.25, -0.2) is 9.18 Å². The quantitative estimate of drug-likeness (QED) is 0.826. The van der Waals surface area contributed by atoms with E-state index in [1.807, 2.05) is 0 Å². The molecule has 5 nitrogen and oxygen atoms in total. The van der Waals surface area contributed by atoms with E-state index in [-0.39, 0.29) is 17.7 Å². The molecule has 0 heterocycles. The van der Waals surface area contributed by atoms with Crippen molar-refractivity contribution in [3.8, 4) is 5.75 Å². The van der Waals surface area contributed by atoms with Gasteiger partial charge in [-0.05, 0) is 18.6 Å². The average Bonchev–Trinajstić information content (AvgIpc) is 2.38. The van der Waals surface area contributed by atoms with Crippen molar-refractivity contribution >= 4 is 11.9 Å². The number of halogens is 1. The van der Waals surface area contributed by atoms with Crippen LogP contribution in [0.25, 0.3) is 0 Å². The third kappa shape index (κ3) is 3.67. The molecule has 0 aromatic heterocycles. The summed E-state index contributed by atoms with van der Waals surface area (Å²) in [6.07, 6.45) is 0.879. The van der Waals surface area contributed by atoms with E-state index in [1.54, 1.807) is 6.92 Å². The summed E-state index contributed by atoms with van der Waals surface area (Å²) in [6, 6.07) is 3.10. The van der Waals surface area contributed by atoms with Crippen LogP contribution in [0.3, 0.4) is 0 Å². The van der Waals surface area contributed by atoms with Crippen LogP contribution in [0.5, 0.6) is 5.75 Å². The highest BCUT2D eigenvalue weighted by Crippen LogP contribution is 2.20. The van der Waals surface area contributed by atoms with Crippen LogP contribution >= 0.6 is 0 Å². The monoisotopic (exact) mass is 269 g/mol. The highest BCUT2D eigenvalue weighted by Gasteiger charge is 2.22. The predicted molar refractivity (Wildman–Crippen MR) is 66.8 cm³/mol. The fourth-order valence-corrected chi connectivity index (χ4v) is 1.63. The molecule has 1 aromatic carbocycles. The first kappa shape index (κ1) is 14.9. The third-order valence-corrected chi connectivity index (χ3v) is 2.61. The molecule has 0 spiro atoms. The fourth-order valence-electron chi connectivity index (χ4n) is 1.63. The number of carbonyl (C=O) groups excluding carboxylic acids is 1. The van der Waals surface area contributed by atoms with Gasteiger partial charge in [0.1, 0.15) is 6.04 Å². The molecule has 0 aliphatic rings. The Kier molecular flexibility index (Phi) is 5.29. The van der Waals surface area contributed by atoms with E-state index in [1.165, 1.54) is 25.3 Å². The van der Waals surface area contributed by atoms with Crippen LogP contribution in [0.2, 0.25) is 0 Å². The number of amides is 1. The molecule has 1 aromatic rings. The number of carboxylic acids is 1. The molecule has 19 heavy (non-hydrogen) atoms. The normalized spacial score (nSPS) is 11.7. The van der Waals surface area contributed by atoms with Gasteiger partial charge in [0.05, 0.1) is 12.7 Å². The molecule has 0 radical (unpaired) electrons. The van der Waals surface area contributed by atoms with Gasteiger partial charge in [0.15, 0.2) is 11.6 Å². The number of rotatable bonds is 6. The predicted octanol–water partition coefficient (Wildman–Crippen LogP) is 1.82. The lowest BCUT2D eigenvalue weighted by Crippen LogP contribution is -2.41. The van der Waals surface area contributed by atoms with Gasteiger partial charge in [0.2, 0.25) is 0 Å². The van der Waals surface area contributed by atoms with Crippen LogP contribution in [0.1, 0.15) is 30.1 Å². The standard InChI is InChI=1S/C13H16FNO4/c1-3-5-9(13(17)18)15-12(16)8-6-4-7-10(19-2)11(8)14/h4,6-7,9H,3,5H2,1-2H3,(H,15,16)(H,17,18). The lowest BCUT2D eigenvalue weighted by atomic mass is 10.1. The molecule has 0 saturated heterocycles. The van der Waals surface area contributed by atoms with Crippen molar-refractivity contribution in [3.63, 3.8) is 0 Å². The molecule has 1 amide bonds. The van der Waals surface area contributed by atoms with E-state index in [0.29, 0.717) is 6.42 Å². The Hall–Kier alpha value is -2.11. The number of carboxylic acid groups (broad SMARTS) is 1. The highest BCUT2D eigenvalue weighted by atomic mass is 19.1. The van der Waals surface area contributed by atoms with Crippen molar-refractivity contribution in [1.29, 1.82) is 0 Å². The number of methoxy groups -OCH3 is 1. The maximum Gasteiger partial charge on any atom is 0.326 e. The van der Waals surface area contributed by atoms with Gasteiger partial charge in [-0.3, -0.25) is 4.79 Å². The lowest BCUT2D eigenvalue weighted by Gasteiger charge is -2.14. The molecule has 104 valence electrons. The minimum atomic E-state index is -1.14. The Morgan fingerprint density at radius 2 is 2.16 bits per heavy atom. The molecule has 0 aliphatic heterocycles. The summed E-state index contributed by atoms with van der Waals surface area (Å²) >= 11 is 0. The second-order valence-electron chi connectivity index (χ2n) is 3.97. The molecule has 2 N–H and O–H groups in total. The van der Waals surface area contributed by atoms with Crippen molar-refractivity contribution in [1.82, 2.24) is 5.32 Å². The molecule has 0 saturated carbocycles. The second-order valence-corrected chi connectivity index (χ2v) is 3.97. The second kappa shape index (κ2) is 6.72. The van der Waals surface area contributed by atoms with Crippen LogP contribution in [-0.2, 0) is 4.79 Å². The summed E-state index contributed by atoms with van der Waals surface area (Å²) in [5, 5.41) is 11.2. The zero-order valence-corrected chi connectivity index (χ0v) is 10.8. The van der Waals surface area contributed by atoms with E-state index in [0.717, 1.165) is 0 Å². The van der Waals surface area contributed by atoms with Gasteiger partial charge in [0, 0.05) is 0 Å². The Morgan fingerprint density at radius 1 is 1.47 bits per heavy atom. The minimum Gasteiger partial charge on any atom is -0.494 e. The SMILES string of the molecule is CCCC(NC(=O)c1cccc(OC)c1F)C(=O)O. The Balaban J connectivity index is 2.91. The zero-order chi connectivity index (χ0) is 14.4. The molecular weight excluding hydrogens is 253 g/mol. The minimum absolute atomic E-state index is 0.0602. The maximum atomic E-state index is 13.8. The highest BCUT2D eigenvalue weighted by molar-refractivity contribution is 5.97. The summed E-state index contributed by atoms with van der Waals surface area (Å²) in [7, 11) is 1.29. The van der Waals surface area contributed by atoms with Crippen molar-refractivity contribution in [3.05, 3.63) is 29.6 Å². The van der Waals surface area contributed by atoms with E-state index < -0.39 is 23.7 Å². The molecule has 0 aliphatic carbocycles. The van der Waals surface area contributed by atoms with Gasteiger partial charge in [-0.1, -0.05) is 19.4 Å². The number of ether oxygens (including phenoxy) is 1. The van der Waals surface area contributed by atoms with Crippen LogP contribution < -0.4 is 10.1 Å². The first-order valence-corrected chi connectivity index (χ1v) is 5.87. The average molecular weight is 269 g/mol. The first-order chi connectivity index (χ1) is 9.01. The van der Waals surface area contributed by atoms with Crippen molar-refractivity contribution in [2.24, 2.45) is 0 Å². The molecule has 1 atom stereocenters. The summed E-state index contributed by atoms with van der Waals surface area (Å²) in [6.45, 7) is 1.80. The van der Waals surface area contributed by atoms with Crippen molar-refractivity contribution < 1.29 is 23.8 Å². The topological polar surface area (TPSA) is 75.6 Å². The summed E-state index contributed by atoms with van der Waals surface area (Å²) in [5.41, 5.74) is -0.235. The summed E-state index contributed by atoms with van der Waals surface area (Å²) in [5.74, 6) is -2.77. The van der Waals surface area contributed by atoms with E-state index >= 15 is 0 Å². The fraction of sp³-hybridized carbons (Fsp3) is 0.385. The first-order valence-electron chi connectivity index (χ1n) is 5.87. The van der Waals surface area contributed by atoms with Crippen LogP contribution in [0.15, 0.2) is 18.2 Å². The van der Waals surface area contributed by atoms with E-state index in [4.69, 9.17) is 9.84 Å². The summed E-state index contributed by atoms with van der Waals surface area (Å²) in [4.78, 5) is 22.8. The van der Waals surface area contributed by atoms with Crippen LogP contribution in [0, 0.1) is 5.82 Å². The van der Waals surface area contributed by atoms with Crippen LogP contribution in [0.4, 0.5) is 4.39 Å². The maximum absolute atomic E-state index is 13.8. The molecule has 6 heteroatoms. The molecule has 0 fully saturated rings. The number of benzene rings is 1. The summed E-state index contributed by atoms with van der Waals surface area (Å²) < 4.78 is 18.6. The van der Waals surface area contributed by atoms with Gasteiger partial charge >= 0.3 is 5.97 Å². The zero-order valence-electron chi connectivity index (χ0n) is 10.8. The van der Waals surface area contributed by atoms with Gasteiger partial charge in [-0.15, -0.1) is 0 Å². The number of nitrogens with one attached hydrogen (secondary N) is 1. The largest absolute Gasteiger partial charge is 0.494 e. The Morgan fingerprint density at radius 3 is 2.68 bits per heavy atom. The number of hydrogen-bond acceptors (Lipinski definition) is 3. The van der Waals surface area contributed by atoms with Crippen LogP contribution in [-0.4, -0.2) is 30.1 Å². The van der Waals surface area contributed by atoms with Gasteiger partial charge in [-0.2, -0.15) is 0 Å². The van der Waals surface area contributed by atoms with E-state index in [2.05, 4.69) is 5.32 Å². The van der Waals surface area contributed by atoms with E-state index in [9.17, 15) is 14.0 Å². The number of hydrogen-bond donors (Lipinski definition) is 2. The Bertz CT molecular complexity index is 476. The van der Waals surface area contributed by atoms with Gasteiger partial charge < -0.3 is 15.2 Å². The number of carbonyl (C=O) groups is 2. The lowest BCUT2D eigenvalue weighted by molar-refractivity contribution is -0.139. The van der Waals surface area contributed by atoms with Crippen molar-refractivity contribution in [2.45, 2.75) is 25.8 Å². The Labute approximate surface area is 110 Å². The molecule has 1 unspecified atom stereocenters. The molecule has 1 rings (SSSR count). The molecule has 0 bridgehead atoms. The number of aliphatic carboxylic acids is 1.